The van der Waals surface area contributed by atoms with Crippen molar-refractivity contribution in [2.45, 2.75) is 5.75 Å². The van der Waals surface area contributed by atoms with E-state index in [2.05, 4.69) is 15.5 Å². The average Bonchev–Trinajstić information content (AvgIpc) is 3.09. The van der Waals surface area contributed by atoms with Crippen LogP contribution in [-0.2, 0) is 16.6 Å². The molecule has 1 atom stereocenters. The molecule has 2 N–H and O–H groups in total. The second-order valence-corrected chi connectivity index (χ2v) is 6.85. The van der Waals surface area contributed by atoms with E-state index in [9.17, 15) is 9.00 Å². The molecule has 1 unspecified atom stereocenters. The largest absolute Gasteiger partial charge is 0.322 e. The SMILES string of the molecule is CS(=O)Cc1cccc(C(=O)Nc2ccc(-c3ccn[nH]3)cc2)c1. The number of benzene rings is 2. The Kier molecular flexibility index (Phi) is 4.86. The van der Waals surface area contributed by atoms with Gasteiger partial charge >= 0.3 is 0 Å². The summed E-state index contributed by atoms with van der Waals surface area (Å²) in [5.41, 5.74) is 4.08. The number of anilines is 1. The van der Waals surface area contributed by atoms with Crippen molar-refractivity contribution in [1.29, 1.82) is 0 Å². The highest BCUT2D eigenvalue weighted by Crippen LogP contribution is 2.19. The lowest BCUT2D eigenvalue weighted by Gasteiger charge is -2.07. The van der Waals surface area contributed by atoms with Crippen molar-refractivity contribution < 1.29 is 9.00 Å². The number of amides is 1. The molecule has 122 valence electrons. The van der Waals surface area contributed by atoms with Gasteiger partial charge in [-0.15, -0.1) is 0 Å². The van der Waals surface area contributed by atoms with E-state index in [-0.39, 0.29) is 5.91 Å². The van der Waals surface area contributed by atoms with Crippen LogP contribution < -0.4 is 5.32 Å². The van der Waals surface area contributed by atoms with Crippen LogP contribution >= 0.6 is 0 Å². The Balaban J connectivity index is 1.71. The maximum absolute atomic E-state index is 12.4. The van der Waals surface area contributed by atoms with E-state index in [1.807, 2.05) is 36.4 Å². The summed E-state index contributed by atoms with van der Waals surface area (Å²) in [6.45, 7) is 0. The first-order valence-electron chi connectivity index (χ1n) is 7.42. The molecular formula is C18H17N3O2S. The molecule has 6 heteroatoms. The number of aromatic nitrogens is 2. The number of aromatic amines is 1. The molecule has 3 aromatic rings. The summed E-state index contributed by atoms with van der Waals surface area (Å²) in [5, 5.41) is 9.69. The minimum atomic E-state index is -0.933. The van der Waals surface area contributed by atoms with Gasteiger partial charge in [0, 0.05) is 40.3 Å². The van der Waals surface area contributed by atoms with Crippen LogP contribution in [0.15, 0.2) is 60.8 Å². The summed E-state index contributed by atoms with van der Waals surface area (Å²) in [6.07, 6.45) is 3.34. The monoisotopic (exact) mass is 339 g/mol. The Morgan fingerprint density at radius 3 is 2.62 bits per heavy atom. The van der Waals surface area contributed by atoms with Crippen molar-refractivity contribution in [1.82, 2.24) is 10.2 Å². The van der Waals surface area contributed by atoms with Gasteiger partial charge in [-0.1, -0.05) is 24.3 Å². The van der Waals surface area contributed by atoms with Crippen LogP contribution in [0.5, 0.6) is 0 Å². The van der Waals surface area contributed by atoms with Crippen molar-refractivity contribution >= 4 is 22.4 Å². The number of carbonyl (C=O) groups excluding carboxylic acids is 1. The first-order valence-corrected chi connectivity index (χ1v) is 9.14. The molecule has 0 saturated carbocycles. The lowest BCUT2D eigenvalue weighted by Crippen LogP contribution is -2.12. The van der Waals surface area contributed by atoms with E-state index in [0.717, 1.165) is 16.8 Å². The lowest BCUT2D eigenvalue weighted by atomic mass is 10.1. The summed E-state index contributed by atoms with van der Waals surface area (Å²) < 4.78 is 11.3. The molecule has 1 amide bonds. The first-order chi connectivity index (χ1) is 11.6. The molecule has 0 fully saturated rings. The fraction of sp³-hybridized carbons (Fsp3) is 0.111. The van der Waals surface area contributed by atoms with Gasteiger partial charge in [-0.2, -0.15) is 5.10 Å². The van der Waals surface area contributed by atoms with Gasteiger partial charge in [0.05, 0.1) is 5.69 Å². The van der Waals surface area contributed by atoms with Gasteiger partial charge in [-0.3, -0.25) is 14.1 Å². The summed E-state index contributed by atoms with van der Waals surface area (Å²) in [4.78, 5) is 12.4. The van der Waals surface area contributed by atoms with Crippen LogP contribution in [0.25, 0.3) is 11.3 Å². The van der Waals surface area contributed by atoms with Crippen LogP contribution in [0, 0.1) is 0 Å². The molecule has 2 aromatic carbocycles. The molecule has 24 heavy (non-hydrogen) atoms. The van der Waals surface area contributed by atoms with Crippen molar-refractivity contribution in [3.63, 3.8) is 0 Å². The topological polar surface area (TPSA) is 74.8 Å². The number of nitrogens with one attached hydrogen (secondary N) is 2. The normalized spacial score (nSPS) is 11.9. The van der Waals surface area contributed by atoms with Gasteiger partial charge in [0.15, 0.2) is 0 Å². The molecule has 1 aromatic heterocycles. The predicted molar refractivity (Wildman–Crippen MR) is 96.2 cm³/mol. The fourth-order valence-electron chi connectivity index (χ4n) is 2.39. The van der Waals surface area contributed by atoms with Crippen molar-refractivity contribution in [2.24, 2.45) is 0 Å². The summed E-state index contributed by atoms with van der Waals surface area (Å²) in [6, 6.07) is 16.6. The summed E-state index contributed by atoms with van der Waals surface area (Å²) >= 11 is 0. The van der Waals surface area contributed by atoms with Crippen LogP contribution in [0.4, 0.5) is 5.69 Å². The quantitative estimate of drug-likeness (QED) is 0.749. The fourth-order valence-corrected chi connectivity index (χ4v) is 3.04. The molecule has 0 aliphatic rings. The number of nitrogens with zero attached hydrogens (tertiary/aromatic N) is 1. The Bertz CT molecular complexity index is 858. The van der Waals surface area contributed by atoms with Gasteiger partial charge in [0.1, 0.15) is 0 Å². The molecule has 0 spiro atoms. The van der Waals surface area contributed by atoms with E-state index in [1.165, 1.54) is 0 Å². The maximum Gasteiger partial charge on any atom is 0.255 e. The van der Waals surface area contributed by atoms with Crippen molar-refractivity contribution in [2.75, 3.05) is 11.6 Å². The third-order valence-electron chi connectivity index (χ3n) is 3.51. The van der Waals surface area contributed by atoms with Gasteiger partial charge in [0.2, 0.25) is 0 Å². The summed E-state index contributed by atoms with van der Waals surface area (Å²) in [5.74, 6) is 0.257. The Morgan fingerprint density at radius 1 is 1.17 bits per heavy atom. The zero-order chi connectivity index (χ0) is 16.9. The van der Waals surface area contributed by atoms with E-state index < -0.39 is 10.8 Å². The lowest BCUT2D eigenvalue weighted by molar-refractivity contribution is 0.102. The third-order valence-corrected chi connectivity index (χ3v) is 4.25. The molecule has 0 aliphatic carbocycles. The second kappa shape index (κ2) is 7.23. The van der Waals surface area contributed by atoms with E-state index in [1.54, 1.807) is 30.7 Å². The Morgan fingerprint density at radius 2 is 1.96 bits per heavy atom. The van der Waals surface area contributed by atoms with Gasteiger partial charge in [-0.25, -0.2) is 0 Å². The number of carbonyl (C=O) groups is 1. The number of hydrogen-bond donors (Lipinski definition) is 2. The molecular weight excluding hydrogens is 322 g/mol. The molecule has 5 nitrogen and oxygen atoms in total. The molecule has 3 rings (SSSR count). The minimum Gasteiger partial charge on any atom is -0.322 e. The van der Waals surface area contributed by atoms with Gasteiger partial charge in [-0.05, 0) is 41.5 Å². The molecule has 0 saturated heterocycles. The van der Waals surface area contributed by atoms with E-state index >= 15 is 0 Å². The van der Waals surface area contributed by atoms with E-state index in [4.69, 9.17) is 0 Å². The highest BCUT2D eigenvalue weighted by atomic mass is 32.2. The van der Waals surface area contributed by atoms with Gasteiger partial charge in [0.25, 0.3) is 5.91 Å². The molecule has 0 radical (unpaired) electrons. The van der Waals surface area contributed by atoms with Crippen molar-refractivity contribution in [3.8, 4) is 11.3 Å². The predicted octanol–water partition coefficient (Wildman–Crippen LogP) is 3.21. The van der Waals surface area contributed by atoms with Crippen LogP contribution in [0.2, 0.25) is 0 Å². The number of H-pyrrole nitrogens is 1. The highest BCUT2D eigenvalue weighted by molar-refractivity contribution is 7.83. The standard InChI is InChI=1S/C18H17N3O2S/c1-24(23)12-13-3-2-4-15(11-13)18(22)20-16-7-5-14(6-8-16)17-9-10-19-21-17/h2-11H,12H2,1H3,(H,19,21)(H,20,22). The smallest absolute Gasteiger partial charge is 0.255 e. The third kappa shape index (κ3) is 3.97. The zero-order valence-electron chi connectivity index (χ0n) is 13.2. The molecule has 0 bridgehead atoms. The maximum atomic E-state index is 12.4. The Labute approximate surface area is 142 Å². The van der Waals surface area contributed by atoms with Crippen LogP contribution in [0.1, 0.15) is 15.9 Å². The van der Waals surface area contributed by atoms with Gasteiger partial charge < -0.3 is 5.32 Å². The van der Waals surface area contributed by atoms with Crippen molar-refractivity contribution in [3.05, 3.63) is 71.9 Å². The minimum absolute atomic E-state index is 0.187. The second-order valence-electron chi connectivity index (χ2n) is 5.42. The molecule has 0 aliphatic heterocycles. The Hall–Kier alpha value is -2.73. The number of rotatable bonds is 5. The average molecular weight is 339 g/mol. The molecule has 1 heterocycles. The first kappa shape index (κ1) is 16.1. The zero-order valence-corrected chi connectivity index (χ0v) is 14.0. The van der Waals surface area contributed by atoms with Crippen LogP contribution in [-0.4, -0.2) is 26.6 Å². The van der Waals surface area contributed by atoms with E-state index in [0.29, 0.717) is 17.0 Å². The highest BCUT2D eigenvalue weighted by Gasteiger charge is 2.08. The summed E-state index contributed by atoms with van der Waals surface area (Å²) in [7, 11) is -0.933. The van der Waals surface area contributed by atoms with Crippen LogP contribution in [0.3, 0.4) is 0 Å². The number of hydrogen-bond acceptors (Lipinski definition) is 3.